The van der Waals surface area contributed by atoms with Gasteiger partial charge in [-0.3, -0.25) is 0 Å². The number of unbranched alkanes of at least 4 members (excludes halogenated alkanes) is 3. The fraction of sp³-hybridized carbons (Fsp3) is 0.333. The summed E-state index contributed by atoms with van der Waals surface area (Å²) in [6.07, 6.45) is 6.39. The smallest absolute Gasteiger partial charge is 0.0857 e. The number of hydrogen-bond donors (Lipinski definition) is 0. The molecule has 0 spiro atoms. The SMILES string of the molecule is CCCCCCc1ccc(N=Nc2ccccc2)cc1. The van der Waals surface area contributed by atoms with Gasteiger partial charge in [0.15, 0.2) is 0 Å². The molecule has 0 N–H and O–H groups in total. The summed E-state index contributed by atoms with van der Waals surface area (Å²) in [4.78, 5) is 0. The maximum atomic E-state index is 4.25. The number of hydrogen-bond acceptors (Lipinski definition) is 2. The molecule has 2 heteroatoms. The molecule has 0 atom stereocenters. The van der Waals surface area contributed by atoms with Crippen molar-refractivity contribution in [2.75, 3.05) is 0 Å². The van der Waals surface area contributed by atoms with Crippen LogP contribution in [0.1, 0.15) is 38.2 Å². The Morgan fingerprint density at radius 3 is 2.00 bits per heavy atom. The number of aryl methyl sites for hydroxylation is 1. The van der Waals surface area contributed by atoms with Crippen LogP contribution in [0.25, 0.3) is 0 Å². The average Bonchev–Trinajstić information content (AvgIpc) is 2.52. The van der Waals surface area contributed by atoms with Crippen molar-refractivity contribution in [3.05, 3.63) is 60.2 Å². The second-order valence-corrected chi connectivity index (χ2v) is 5.01. The summed E-state index contributed by atoms with van der Waals surface area (Å²) in [5.74, 6) is 0. The summed E-state index contributed by atoms with van der Waals surface area (Å²) in [5, 5.41) is 8.47. The van der Waals surface area contributed by atoms with Crippen molar-refractivity contribution in [3.63, 3.8) is 0 Å². The van der Waals surface area contributed by atoms with Gasteiger partial charge in [-0.1, -0.05) is 56.5 Å². The lowest BCUT2D eigenvalue weighted by Gasteiger charge is -2.01. The van der Waals surface area contributed by atoms with Gasteiger partial charge in [0.1, 0.15) is 0 Å². The van der Waals surface area contributed by atoms with E-state index in [0.29, 0.717) is 0 Å². The molecule has 2 aromatic rings. The monoisotopic (exact) mass is 266 g/mol. The van der Waals surface area contributed by atoms with Crippen LogP contribution in [0.15, 0.2) is 64.8 Å². The van der Waals surface area contributed by atoms with Crippen LogP contribution < -0.4 is 0 Å². The van der Waals surface area contributed by atoms with E-state index in [-0.39, 0.29) is 0 Å². The van der Waals surface area contributed by atoms with Gasteiger partial charge in [-0.25, -0.2) is 0 Å². The van der Waals surface area contributed by atoms with Crippen LogP contribution in [0.2, 0.25) is 0 Å². The first-order chi connectivity index (χ1) is 9.88. The zero-order valence-corrected chi connectivity index (χ0v) is 12.1. The molecule has 2 aromatic carbocycles. The highest BCUT2D eigenvalue weighted by Crippen LogP contribution is 2.19. The van der Waals surface area contributed by atoms with Crippen molar-refractivity contribution < 1.29 is 0 Å². The molecule has 0 aliphatic heterocycles. The van der Waals surface area contributed by atoms with Gasteiger partial charge < -0.3 is 0 Å². The van der Waals surface area contributed by atoms with E-state index in [0.717, 1.165) is 17.8 Å². The molecular weight excluding hydrogens is 244 g/mol. The standard InChI is InChI=1S/C18H22N2/c1-2-3-4-6-9-16-12-14-18(15-13-16)20-19-17-10-7-5-8-11-17/h5,7-8,10-15H,2-4,6,9H2,1H3. The Hall–Kier alpha value is -1.96. The average molecular weight is 266 g/mol. The van der Waals surface area contributed by atoms with E-state index in [1.54, 1.807) is 0 Å². The molecule has 0 bridgehead atoms. The second-order valence-electron chi connectivity index (χ2n) is 5.01. The number of azo groups is 1. The zero-order valence-electron chi connectivity index (χ0n) is 12.1. The summed E-state index contributed by atoms with van der Waals surface area (Å²) in [5.41, 5.74) is 3.18. The van der Waals surface area contributed by atoms with E-state index in [1.807, 2.05) is 42.5 Å². The van der Waals surface area contributed by atoms with Crippen LogP contribution in [-0.2, 0) is 6.42 Å². The van der Waals surface area contributed by atoms with Gasteiger partial charge in [0, 0.05) is 0 Å². The van der Waals surface area contributed by atoms with Crippen LogP contribution in [0.4, 0.5) is 11.4 Å². The highest BCUT2D eigenvalue weighted by atomic mass is 15.1. The minimum Gasteiger partial charge on any atom is -0.151 e. The fourth-order valence-electron chi connectivity index (χ4n) is 2.10. The highest BCUT2D eigenvalue weighted by Gasteiger charge is 1.95. The highest BCUT2D eigenvalue weighted by molar-refractivity contribution is 5.40. The number of benzene rings is 2. The van der Waals surface area contributed by atoms with Crippen LogP contribution in [0, 0.1) is 0 Å². The van der Waals surface area contributed by atoms with Crippen molar-refractivity contribution in [1.82, 2.24) is 0 Å². The molecule has 0 saturated carbocycles. The third-order valence-corrected chi connectivity index (χ3v) is 3.29. The molecule has 0 aliphatic carbocycles. The van der Waals surface area contributed by atoms with Crippen LogP contribution in [0.3, 0.4) is 0 Å². The zero-order chi connectivity index (χ0) is 14.0. The lowest BCUT2D eigenvalue weighted by atomic mass is 10.1. The number of rotatable bonds is 7. The maximum Gasteiger partial charge on any atom is 0.0857 e. The lowest BCUT2D eigenvalue weighted by Crippen LogP contribution is -1.84. The molecule has 0 fully saturated rings. The molecule has 2 rings (SSSR count). The molecule has 0 unspecified atom stereocenters. The van der Waals surface area contributed by atoms with E-state index in [1.165, 1.54) is 31.2 Å². The maximum absolute atomic E-state index is 4.25. The topological polar surface area (TPSA) is 24.7 Å². The first kappa shape index (κ1) is 14.4. The molecule has 0 aliphatic rings. The van der Waals surface area contributed by atoms with Crippen LogP contribution in [0.5, 0.6) is 0 Å². The van der Waals surface area contributed by atoms with E-state index in [2.05, 4.69) is 29.3 Å². The Morgan fingerprint density at radius 1 is 0.700 bits per heavy atom. The fourth-order valence-corrected chi connectivity index (χ4v) is 2.10. The van der Waals surface area contributed by atoms with E-state index >= 15 is 0 Å². The Labute approximate surface area is 121 Å². The molecule has 0 amide bonds. The van der Waals surface area contributed by atoms with Gasteiger partial charge in [0.2, 0.25) is 0 Å². The first-order valence-corrected chi connectivity index (χ1v) is 7.44. The van der Waals surface area contributed by atoms with Gasteiger partial charge in [-0.15, -0.1) is 0 Å². The Bertz CT molecular complexity index is 515. The molecule has 0 radical (unpaired) electrons. The normalized spacial score (nSPS) is 11.1. The van der Waals surface area contributed by atoms with Gasteiger partial charge >= 0.3 is 0 Å². The summed E-state index contributed by atoms with van der Waals surface area (Å²) in [7, 11) is 0. The lowest BCUT2D eigenvalue weighted by molar-refractivity contribution is 0.667. The molecule has 0 saturated heterocycles. The van der Waals surface area contributed by atoms with Gasteiger partial charge in [0.05, 0.1) is 11.4 Å². The summed E-state index contributed by atoms with van der Waals surface area (Å²) >= 11 is 0. The molecule has 2 nitrogen and oxygen atoms in total. The molecule has 0 aromatic heterocycles. The number of nitrogens with zero attached hydrogens (tertiary/aromatic N) is 2. The van der Waals surface area contributed by atoms with Crippen molar-refractivity contribution in [3.8, 4) is 0 Å². The second kappa shape index (κ2) is 8.26. The van der Waals surface area contributed by atoms with Crippen molar-refractivity contribution in [2.24, 2.45) is 10.2 Å². The van der Waals surface area contributed by atoms with Crippen LogP contribution in [-0.4, -0.2) is 0 Å². The quantitative estimate of drug-likeness (QED) is 0.419. The minimum absolute atomic E-state index is 0.885. The summed E-state index contributed by atoms with van der Waals surface area (Å²) in [6, 6.07) is 18.2. The van der Waals surface area contributed by atoms with E-state index in [4.69, 9.17) is 0 Å². The van der Waals surface area contributed by atoms with E-state index in [9.17, 15) is 0 Å². The third-order valence-electron chi connectivity index (χ3n) is 3.29. The van der Waals surface area contributed by atoms with Crippen LogP contribution >= 0.6 is 0 Å². The molecular formula is C18H22N2. The van der Waals surface area contributed by atoms with E-state index < -0.39 is 0 Å². The third kappa shape index (κ3) is 4.96. The molecule has 0 heterocycles. The van der Waals surface area contributed by atoms with Crippen molar-refractivity contribution in [2.45, 2.75) is 39.0 Å². The summed E-state index contributed by atoms with van der Waals surface area (Å²) in [6.45, 7) is 2.24. The largest absolute Gasteiger partial charge is 0.151 e. The van der Waals surface area contributed by atoms with Crippen molar-refractivity contribution in [1.29, 1.82) is 0 Å². The minimum atomic E-state index is 0.885. The predicted molar refractivity (Wildman–Crippen MR) is 84.9 cm³/mol. The Balaban J connectivity index is 1.87. The van der Waals surface area contributed by atoms with Gasteiger partial charge in [-0.2, -0.15) is 10.2 Å². The Kier molecular flexibility index (Phi) is 5.97. The summed E-state index contributed by atoms with van der Waals surface area (Å²) < 4.78 is 0. The van der Waals surface area contributed by atoms with Crippen molar-refractivity contribution >= 4 is 11.4 Å². The molecule has 20 heavy (non-hydrogen) atoms. The predicted octanol–water partition coefficient (Wildman–Crippen LogP) is 6.22. The molecule has 104 valence electrons. The van der Waals surface area contributed by atoms with Gasteiger partial charge in [0.25, 0.3) is 0 Å². The van der Waals surface area contributed by atoms with Gasteiger partial charge in [-0.05, 0) is 42.7 Å². The Morgan fingerprint density at radius 2 is 1.35 bits per heavy atom. The first-order valence-electron chi connectivity index (χ1n) is 7.44.